The molecule has 184 valence electrons. The van der Waals surface area contributed by atoms with Crippen LogP contribution in [-0.4, -0.2) is 47.3 Å². The molecule has 3 rings (SSSR count). The van der Waals surface area contributed by atoms with E-state index < -0.39 is 11.6 Å². The molecule has 0 aliphatic carbocycles. The van der Waals surface area contributed by atoms with Crippen LogP contribution in [0, 0.1) is 17.8 Å². The zero-order valence-electron chi connectivity index (χ0n) is 20.6. The van der Waals surface area contributed by atoms with Crippen molar-refractivity contribution < 1.29 is 19.4 Å². The lowest BCUT2D eigenvalue weighted by atomic mass is 9.76. The molecule has 2 aliphatic rings. The normalized spacial score (nSPS) is 20.7. The Bertz CT molecular complexity index is 781. The fourth-order valence-electron chi connectivity index (χ4n) is 5.38. The number of piperidine rings is 1. The fraction of sp³-hybridized carbons (Fsp3) is 0.704. The highest BCUT2D eigenvalue weighted by atomic mass is 16.6. The molecule has 1 aromatic carbocycles. The summed E-state index contributed by atoms with van der Waals surface area (Å²) in [5, 5.41) is 12.8. The quantitative estimate of drug-likeness (QED) is 0.527. The summed E-state index contributed by atoms with van der Waals surface area (Å²) in [6.45, 7) is 8.16. The number of para-hydroxylation sites is 1. The summed E-state index contributed by atoms with van der Waals surface area (Å²) < 4.78 is 5.54. The van der Waals surface area contributed by atoms with Gasteiger partial charge >= 0.3 is 12.1 Å². The zero-order chi connectivity index (χ0) is 23.8. The van der Waals surface area contributed by atoms with Gasteiger partial charge in [0, 0.05) is 31.7 Å². The van der Waals surface area contributed by atoms with Crippen molar-refractivity contribution in [2.24, 2.45) is 17.8 Å². The molecule has 2 aliphatic heterocycles. The molecule has 2 heterocycles. The first-order valence-corrected chi connectivity index (χ1v) is 12.7. The standard InChI is InChI=1S/C27H42N2O4/c1-27(2,3)33-26(32)29-16-14-20(15-17-29)18-22(10-7-13-25(30)31)23-11-6-9-21-8-4-5-12-24(21)28-19-23/h4-5,8,12,20,22-23,28H,6-7,9-11,13-19H2,1-3H3,(H,30,31). The minimum absolute atomic E-state index is 0.207. The SMILES string of the molecule is CC(C)(C)OC(=O)N1CCC(CC(CCCC(=O)O)C2CCCc3ccccc3NC2)CC1. The summed E-state index contributed by atoms with van der Waals surface area (Å²) in [6.07, 6.45) is 8.31. The maximum Gasteiger partial charge on any atom is 0.410 e. The summed E-state index contributed by atoms with van der Waals surface area (Å²) in [4.78, 5) is 25.4. The first kappa shape index (κ1) is 25.4. The Labute approximate surface area is 199 Å². The number of nitrogens with zero attached hydrogens (tertiary/aromatic N) is 1. The Hall–Kier alpha value is -2.24. The number of amides is 1. The van der Waals surface area contributed by atoms with Gasteiger partial charge in [-0.05, 0) is 102 Å². The number of hydrogen-bond acceptors (Lipinski definition) is 4. The second-order valence-electron chi connectivity index (χ2n) is 10.9. The van der Waals surface area contributed by atoms with Gasteiger partial charge in [-0.15, -0.1) is 0 Å². The minimum Gasteiger partial charge on any atom is -0.481 e. The first-order valence-electron chi connectivity index (χ1n) is 12.7. The van der Waals surface area contributed by atoms with E-state index in [-0.39, 0.29) is 12.5 Å². The fourth-order valence-corrected chi connectivity index (χ4v) is 5.38. The highest BCUT2D eigenvalue weighted by Crippen LogP contribution is 2.35. The Kier molecular flexibility index (Phi) is 9.04. The maximum atomic E-state index is 12.4. The highest BCUT2D eigenvalue weighted by molar-refractivity contribution is 5.68. The molecule has 33 heavy (non-hydrogen) atoms. The van der Waals surface area contributed by atoms with Crippen molar-refractivity contribution in [2.45, 2.75) is 84.2 Å². The van der Waals surface area contributed by atoms with Crippen molar-refractivity contribution in [3.05, 3.63) is 29.8 Å². The van der Waals surface area contributed by atoms with Crippen LogP contribution in [-0.2, 0) is 16.0 Å². The predicted octanol–water partition coefficient (Wildman–Crippen LogP) is 5.96. The van der Waals surface area contributed by atoms with Crippen molar-refractivity contribution >= 4 is 17.7 Å². The molecule has 2 N–H and O–H groups in total. The molecular formula is C27H42N2O4. The molecular weight excluding hydrogens is 416 g/mol. The lowest BCUT2D eigenvalue weighted by Crippen LogP contribution is -2.42. The van der Waals surface area contributed by atoms with Crippen molar-refractivity contribution in [3.63, 3.8) is 0 Å². The van der Waals surface area contributed by atoms with Crippen LogP contribution in [0.2, 0.25) is 0 Å². The summed E-state index contributed by atoms with van der Waals surface area (Å²) >= 11 is 0. The van der Waals surface area contributed by atoms with E-state index in [2.05, 4.69) is 29.6 Å². The van der Waals surface area contributed by atoms with Gasteiger partial charge in [-0.1, -0.05) is 18.2 Å². The summed E-state index contributed by atoms with van der Waals surface area (Å²) in [5.74, 6) is 0.941. The number of carboxylic acids is 1. The van der Waals surface area contributed by atoms with Gasteiger partial charge in [-0.25, -0.2) is 4.79 Å². The van der Waals surface area contributed by atoms with E-state index in [4.69, 9.17) is 9.84 Å². The molecule has 6 heteroatoms. The van der Waals surface area contributed by atoms with Crippen LogP contribution >= 0.6 is 0 Å². The molecule has 6 nitrogen and oxygen atoms in total. The van der Waals surface area contributed by atoms with Crippen molar-refractivity contribution in [1.29, 1.82) is 0 Å². The van der Waals surface area contributed by atoms with Gasteiger partial charge in [0.25, 0.3) is 0 Å². The number of carbonyl (C=O) groups is 2. The second kappa shape index (κ2) is 11.8. The Morgan fingerprint density at radius 3 is 2.61 bits per heavy atom. The van der Waals surface area contributed by atoms with Crippen LogP contribution < -0.4 is 5.32 Å². The lowest BCUT2D eigenvalue weighted by molar-refractivity contribution is -0.137. The van der Waals surface area contributed by atoms with E-state index in [0.29, 0.717) is 17.8 Å². The molecule has 0 bridgehead atoms. The third-order valence-electron chi connectivity index (χ3n) is 7.13. The average molecular weight is 459 g/mol. The van der Waals surface area contributed by atoms with E-state index >= 15 is 0 Å². The number of carboxylic acid groups (broad SMARTS) is 1. The largest absolute Gasteiger partial charge is 0.481 e. The molecule has 0 spiro atoms. The van der Waals surface area contributed by atoms with E-state index in [9.17, 15) is 9.59 Å². The van der Waals surface area contributed by atoms with E-state index in [1.807, 2.05) is 25.7 Å². The molecule has 1 fully saturated rings. The maximum absolute atomic E-state index is 12.4. The Morgan fingerprint density at radius 1 is 1.18 bits per heavy atom. The number of nitrogens with one attached hydrogen (secondary N) is 1. The van der Waals surface area contributed by atoms with Crippen molar-refractivity contribution in [2.75, 3.05) is 25.0 Å². The number of anilines is 1. The van der Waals surface area contributed by atoms with Crippen LogP contribution in [0.3, 0.4) is 0 Å². The second-order valence-corrected chi connectivity index (χ2v) is 10.9. The predicted molar refractivity (Wildman–Crippen MR) is 131 cm³/mol. The topological polar surface area (TPSA) is 78.9 Å². The van der Waals surface area contributed by atoms with Crippen molar-refractivity contribution in [3.8, 4) is 0 Å². The van der Waals surface area contributed by atoms with Crippen LogP contribution in [0.15, 0.2) is 24.3 Å². The van der Waals surface area contributed by atoms with Gasteiger partial charge in [0.2, 0.25) is 0 Å². The van der Waals surface area contributed by atoms with Crippen LogP contribution in [0.25, 0.3) is 0 Å². The number of rotatable bonds is 7. The van der Waals surface area contributed by atoms with Gasteiger partial charge in [-0.2, -0.15) is 0 Å². The van der Waals surface area contributed by atoms with Crippen molar-refractivity contribution in [1.82, 2.24) is 4.90 Å². The molecule has 0 aromatic heterocycles. The van der Waals surface area contributed by atoms with E-state index in [1.165, 1.54) is 24.1 Å². The molecule has 0 saturated carbocycles. The smallest absolute Gasteiger partial charge is 0.410 e. The Balaban J connectivity index is 1.58. The number of fused-ring (bicyclic) bond motifs is 1. The van der Waals surface area contributed by atoms with Crippen LogP contribution in [0.4, 0.5) is 10.5 Å². The third-order valence-corrected chi connectivity index (χ3v) is 7.13. The average Bonchev–Trinajstić information content (AvgIpc) is 2.73. The van der Waals surface area contributed by atoms with E-state index in [0.717, 1.165) is 58.2 Å². The number of likely N-dealkylation sites (tertiary alicyclic amines) is 1. The third kappa shape index (κ3) is 8.24. The van der Waals surface area contributed by atoms with Gasteiger partial charge in [0.15, 0.2) is 0 Å². The number of aryl methyl sites for hydroxylation is 1. The first-order chi connectivity index (χ1) is 15.7. The van der Waals surface area contributed by atoms with Gasteiger partial charge in [0.1, 0.15) is 5.60 Å². The molecule has 1 aromatic rings. The number of ether oxygens (including phenoxy) is 1. The van der Waals surface area contributed by atoms with Crippen LogP contribution in [0.5, 0.6) is 0 Å². The minimum atomic E-state index is -0.705. The monoisotopic (exact) mass is 458 g/mol. The number of aliphatic carboxylic acids is 1. The van der Waals surface area contributed by atoms with Crippen LogP contribution in [0.1, 0.15) is 77.7 Å². The number of hydrogen-bond donors (Lipinski definition) is 2. The molecule has 0 radical (unpaired) electrons. The Morgan fingerprint density at radius 2 is 1.91 bits per heavy atom. The summed E-state index contributed by atoms with van der Waals surface area (Å²) in [5.41, 5.74) is 2.18. The number of benzene rings is 1. The molecule has 1 amide bonds. The van der Waals surface area contributed by atoms with Gasteiger partial charge in [-0.3, -0.25) is 4.79 Å². The highest BCUT2D eigenvalue weighted by Gasteiger charge is 2.30. The summed E-state index contributed by atoms with van der Waals surface area (Å²) in [7, 11) is 0. The molecule has 1 saturated heterocycles. The molecule has 2 unspecified atom stereocenters. The summed E-state index contributed by atoms with van der Waals surface area (Å²) in [6, 6.07) is 8.58. The van der Waals surface area contributed by atoms with Gasteiger partial charge in [0.05, 0.1) is 0 Å². The molecule has 2 atom stereocenters. The zero-order valence-corrected chi connectivity index (χ0v) is 20.6. The van der Waals surface area contributed by atoms with Gasteiger partial charge < -0.3 is 20.1 Å². The lowest BCUT2D eigenvalue weighted by Gasteiger charge is -2.37. The van der Waals surface area contributed by atoms with E-state index in [1.54, 1.807) is 0 Å². The number of carbonyl (C=O) groups excluding carboxylic acids is 1.